The van der Waals surface area contributed by atoms with E-state index in [9.17, 15) is 14.0 Å². The molecule has 0 aliphatic carbocycles. The lowest BCUT2D eigenvalue weighted by atomic mass is 10.2. The van der Waals surface area contributed by atoms with E-state index < -0.39 is 11.8 Å². The molecule has 1 aromatic rings. The predicted octanol–water partition coefficient (Wildman–Crippen LogP) is 0.467. The van der Waals surface area contributed by atoms with Gasteiger partial charge in [-0.3, -0.25) is 4.79 Å². The van der Waals surface area contributed by atoms with Crippen molar-refractivity contribution >= 4 is 17.7 Å². The van der Waals surface area contributed by atoms with Crippen LogP contribution < -0.4 is 10.6 Å². The number of pyridine rings is 1. The molecule has 1 rings (SSSR count). The lowest BCUT2D eigenvalue weighted by molar-refractivity contribution is -0.120. The van der Waals surface area contributed by atoms with E-state index in [0.717, 1.165) is 12.3 Å². The van der Waals surface area contributed by atoms with Gasteiger partial charge in [0.25, 0.3) is 0 Å². The molecule has 0 saturated carbocycles. The molecule has 0 radical (unpaired) electrons. The van der Waals surface area contributed by atoms with Crippen LogP contribution in [0, 0.1) is 5.82 Å². The lowest BCUT2D eigenvalue weighted by Gasteiger charge is -2.07. The van der Waals surface area contributed by atoms with E-state index >= 15 is 0 Å². The molecular formula is C10H12FN3O3. The lowest BCUT2D eigenvalue weighted by Crippen LogP contribution is -2.21. The Kier molecular flexibility index (Phi) is 4.38. The van der Waals surface area contributed by atoms with Gasteiger partial charge >= 0.3 is 5.97 Å². The summed E-state index contributed by atoms with van der Waals surface area (Å²) in [7, 11) is 1.50. The number of aromatic carboxylic acids is 1. The summed E-state index contributed by atoms with van der Waals surface area (Å²) < 4.78 is 12.8. The number of hydrogen-bond donors (Lipinski definition) is 3. The molecule has 6 nitrogen and oxygen atoms in total. The number of carboxylic acids is 1. The molecule has 1 heterocycles. The number of amides is 1. The van der Waals surface area contributed by atoms with Gasteiger partial charge in [0.2, 0.25) is 5.91 Å². The van der Waals surface area contributed by atoms with Crippen LogP contribution in [-0.4, -0.2) is 35.6 Å². The van der Waals surface area contributed by atoms with Crippen molar-refractivity contribution in [3.8, 4) is 0 Å². The van der Waals surface area contributed by atoms with Crippen LogP contribution in [0.3, 0.4) is 0 Å². The first-order valence-electron chi connectivity index (χ1n) is 4.88. The van der Waals surface area contributed by atoms with Crippen LogP contribution in [0.4, 0.5) is 10.2 Å². The van der Waals surface area contributed by atoms with Crippen LogP contribution in [0.25, 0.3) is 0 Å². The highest BCUT2D eigenvalue weighted by Gasteiger charge is 2.12. The van der Waals surface area contributed by atoms with Crippen molar-refractivity contribution < 1.29 is 19.1 Å². The standard InChI is InChI=1S/C10H12FN3O3/c1-12-8(15)2-3-13-9-7(10(16)17)4-6(11)5-14-9/h4-5H,2-3H2,1H3,(H,12,15)(H,13,14)(H,16,17). The third-order valence-corrected chi connectivity index (χ3v) is 2.01. The number of nitrogens with zero attached hydrogens (tertiary/aromatic N) is 1. The van der Waals surface area contributed by atoms with Gasteiger partial charge in [-0.25, -0.2) is 14.2 Å². The fourth-order valence-electron chi connectivity index (χ4n) is 1.16. The normalized spacial score (nSPS) is 9.76. The molecule has 0 saturated heterocycles. The van der Waals surface area contributed by atoms with Crippen LogP contribution in [0.1, 0.15) is 16.8 Å². The Morgan fingerprint density at radius 1 is 1.53 bits per heavy atom. The fraction of sp³-hybridized carbons (Fsp3) is 0.300. The number of halogens is 1. The van der Waals surface area contributed by atoms with Gasteiger partial charge in [-0.15, -0.1) is 0 Å². The Hall–Kier alpha value is -2.18. The molecule has 0 fully saturated rings. The van der Waals surface area contributed by atoms with Crippen LogP contribution in [0.15, 0.2) is 12.3 Å². The Morgan fingerprint density at radius 3 is 2.82 bits per heavy atom. The molecule has 0 aromatic carbocycles. The molecule has 3 N–H and O–H groups in total. The number of carbonyl (C=O) groups excluding carboxylic acids is 1. The first kappa shape index (κ1) is 12.9. The number of rotatable bonds is 5. The van der Waals surface area contributed by atoms with Crippen molar-refractivity contribution in [2.24, 2.45) is 0 Å². The maximum absolute atomic E-state index is 12.8. The van der Waals surface area contributed by atoms with E-state index in [1.54, 1.807) is 0 Å². The molecule has 1 aromatic heterocycles. The van der Waals surface area contributed by atoms with E-state index in [-0.39, 0.29) is 30.3 Å². The minimum Gasteiger partial charge on any atom is -0.478 e. The molecule has 0 spiro atoms. The van der Waals surface area contributed by atoms with Gasteiger partial charge in [-0.05, 0) is 6.07 Å². The molecule has 0 unspecified atom stereocenters. The topological polar surface area (TPSA) is 91.3 Å². The molecule has 0 aliphatic rings. The maximum atomic E-state index is 12.8. The first-order valence-corrected chi connectivity index (χ1v) is 4.88. The SMILES string of the molecule is CNC(=O)CCNc1ncc(F)cc1C(=O)O. The second-order valence-electron chi connectivity index (χ2n) is 3.20. The van der Waals surface area contributed by atoms with Gasteiger partial charge in [-0.1, -0.05) is 0 Å². The summed E-state index contributed by atoms with van der Waals surface area (Å²) in [4.78, 5) is 25.4. The van der Waals surface area contributed by atoms with Crippen molar-refractivity contribution in [2.75, 3.05) is 18.9 Å². The van der Waals surface area contributed by atoms with Gasteiger partial charge in [-0.2, -0.15) is 0 Å². The predicted molar refractivity (Wildman–Crippen MR) is 58.3 cm³/mol. The second-order valence-corrected chi connectivity index (χ2v) is 3.20. The molecular weight excluding hydrogens is 229 g/mol. The first-order chi connectivity index (χ1) is 8.04. The summed E-state index contributed by atoms with van der Waals surface area (Å²) in [5.41, 5.74) is -0.262. The van der Waals surface area contributed by atoms with Crippen molar-refractivity contribution in [3.05, 3.63) is 23.6 Å². The van der Waals surface area contributed by atoms with Crippen LogP contribution in [-0.2, 0) is 4.79 Å². The van der Waals surface area contributed by atoms with Gasteiger partial charge in [0.15, 0.2) is 0 Å². The van der Waals surface area contributed by atoms with Crippen LogP contribution in [0.2, 0.25) is 0 Å². The largest absolute Gasteiger partial charge is 0.478 e. The molecule has 0 atom stereocenters. The third-order valence-electron chi connectivity index (χ3n) is 2.01. The summed E-state index contributed by atoms with van der Waals surface area (Å²) in [6, 6.07) is 0.873. The molecule has 0 bridgehead atoms. The number of carbonyl (C=O) groups is 2. The zero-order chi connectivity index (χ0) is 12.8. The minimum atomic E-state index is -1.28. The van der Waals surface area contributed by atoms with Gasteiger partial charge in [0, 0.05) is 20.0 Å². The summed E-state index contributed by atoms with van der Waals surface area (Å²) in [5.74, 6) is -2.14. The molecule has 1 amide bonds. The Morgan fingerprint density at radius 2 is 2.24 bits per heavy atom. The highest BCUT2D eigenvalue weighted by Crippen LogP contribution is 2.13. The van der Waals surface area contributed by atoms with Crippen LogP contribution >= 0.6 is 0 Å². The Balaban J connectivity index is 2.70. The van der Waals surface area contributed by atoms with Crippen molar-refractivity contribution in [2.45, 2.75) is 6.42 Å². The number of nitrogens with one attached hydrogen (secondary N) is 2. The number of carboxylic acid groups (broad SMARTS) is 1. The Bertz CT molecular complexity index is 437. The van der Waals surface area contributed by atoms with E-state index in [1.165, 1.54) is 7.05 Å². The number of aromatic nitrogens is 1. The zero-order valence-electron chi connectivity index (χ0n) is 9.16. The molecule has 0 aliphatic heterocycles. The fourth-order valence-corrected chi connectivity index (χ4v) is 1.16. The zero-order valence-corrected chi connectivity index (χ0v) is 9.16. The van der Waals surface area contributed by atoms with Crippen LogP contribution in [0.5, 0.6) is 0 Å². The van der Waals surface area contributed by atoms with Gasteiger partial charge in [0.1, 0.15) is 17.2 Å². The van der Waals surface area contributed by atoms with Crippen molar-refractivity contribution in [3.63, 3.8) is 0 Å². The summed E-state index contributed by atoms with van der Waals surface area (Å²) in [6.07, 6.45) is 1.09. The van der Waals surface area contributed by atoms with Gasteiger partial charge < -0.3 is 15.7 Å². The van der Waals surface area contributed by atoms with E-state index in [1.807, 2.05) is 0 Å². The average molecular weight is 241 g/mol. The van der Waals surface area contributed by atoms with Crippen molar-refractivity contribution in [1.29, 1.82) is 0 Å². The molecule has 92 valence electrons. The van der Waals surface area contributed by atoms with Gasteiger partial charge in [0.05, 0.1) is 6.20 Å². The molecule has 17 heavy (non-hydrogen) atoms. The maximum Gasteiger partial charge on any atom is 0.339 e. The monoisotopic (exact) mass is 241 g/mol. The highest BCUT2D eigenvalue weighted by molar-refractivity contribution is 5.93. The quantitative estimate of drug-likeness (QED) is 0.697. The van der Waals surface area contributed by atoms with E-state index in [4.69, 9.17) is 5.11 Å². The van der Waals surface area contributed by atoms with E-state index in [0.29, 0.717) is 0 Å². The summed E-state index contributed by atoms with van der Waals surface area (Å²) in [6.45, 7) is 0.221. The Labute approximate surface area is 96.9 Å². The van der Waals surface area contributed by atoms with Crippen molar-refractivity contribution in [1.82, 2.24) is 10.3 Å². The summed E-state index contributed by atoms with van der Waals surface area (Å²) >= 11 is 0. The summed E-state index contributed by atoms with van der Waals surface area (Å²) in [5, 5.41) is 13.9. The highest BCUT2D eigenvalue weighted by atomic mass is 19.1. The third kappa shape index (κ3) is 3.71. The minimum absolute atomic E-state index is 0.0443. The van der Waals surface area contributed by atoms with E-state index in [2.05, 4.69) is 15.6 Å². The number of hydrogen-bond acceptors (Lipinski definition) is 4. The smallest absolute Gasteiger partial charge is 0.339 e. The second kappa shape index (κ2) is 5.78. The molecule has 7 heteroatoms. The average Bonchev–Trinajstić information content (AvgIpc) is 2.30. The number of anilines is 1.